The number of hydrogen-bond donors (Lipinski definition) is 2. The summed E-state index contributed by atoms with van der Waals surface area (Å²) < 4.78 is 53.2. The summed E-state index contributed by atoms with van der Waals surface area (Å²) in [6, 6.07) is 0.924. The minimum absolute atomic E-state index is 0.0951. The molecule has 0 radical (unpaired) electrons. The topological polar surface area (TPSA) is 72.2 Å². The maximum absolute atomic E-state index is 13.7. The van der Waals surface area contributed by atoms with Gasteiger partial charge in [-0.15, -0.1) is 0 Å². The van der Waals surface area contributed by atoms with Crippen LogP contribution in [0.3, 0.4) is 0 Å². The Morgan fingerprint density at radius 2 is 1.95 bits per heavy atom. The van der Waals surface area contributed by atoms with E-state index in [0.29, 0.717) is 12.5 Å². The molecule has 1 aromatic carbocycles. The molecule has 0 fully saturated rings. The number of rotatable bonds is 6. The molecule has 0 aromatic heterocycles. The third kappa shape index (κ3) is 4.47. The highest BCUT2D eigenvalue weighted by molar-refractivity contribution is 9.10. The van der Waals surface area contributed by atoms with Gasteiger partial charge >= 0.3 is 0 Å². The number of nitrogens with one attached hydrogen (secondary N) is 1. The van der Waals surface area contributed by atoms with Gasteiger partial charge in [-0.1, -0.05) is 13.8 Å². The fourth-order valence-corrected chi connectivity index (χ4v) is 4.25. The van der Waals surface area contributed by atoms with Crippen LogP contribution in [-0.2, 0) is 10.0 Å². The summed E-state index contributed by atoms with van der Waals surface area (Å²) in [5.41, 5.74) is 5.51. The van der Waals surface area contributed by atoms with E-state index in [-0.39, 0.29) is 16.9 Å². The summed E-state index contributed by atoms with van der Waals surface area (Å²) in [5, 5.41) is 0. The minimum atomic E-state index is -4.11. The van der Waals surface area contributed by atoms with Crippen molar-refractivity contribution >= 4 is 26.0 Å². The average molecular weight is 371 g/mol. The molecule has 0 heterocycles. The maximum atomic E-state index is 13.7. The number of benzene rings is 1. The molecule has 0 amide bonds. The first-order chi connectivity index (χ1) is 9.17. The molecule has 8 heteroatoms. The second-order valence-corrected chi connectivity index (χ2v) is 7.39. The molecule has 3 N–H and O–H groups in total. The largest absolute Gasteiger partial charge is 0.329 e. The molecule has 1 unspecified atom stereocenters. The van der Waals surface area contributed by atoms with E-state index in [2.05, 4.69) is 20.7 Å². The minimum Gasteiger partial charge on any atom is -0.329 e. The van der Waals surface area contributed by atoms with Crippen LogP contribution < -0.4 is 10.5 Å². The molecule has 4 nitrogen and oxygen atoms in total. The van der Waals surface area contributed by atoms with Crippen molar-refractivity contribution in [1.82, 2.24) is 4.72 Å². The van der Waals surface area contributed by atoms with E-state index in [1.54, 1.807) is 0 Å². The van der Waals surface area contributed by atoms with Crippen LogP contribution in [0.5, 0.6) is 0 Å². The lowest BCUT2D eigenvalue weighted by Crippen LogP contribution is -2.41. The van der Waals surface area contributed by atoms with Crippen molar-refractivity contribution in [2.75, 3.05) is 6.54 Å². The van der Waals surface area contributed by atoms with E-state index >= 15 is 0 Å². The van der Waals surface area contributed by atoms with Gasteiger partial charge in [0.15, 0.2) is 0 Å². The van der Waals surface area contributed by atoms with Gasteiger partial charge in [-0.05, 0) is 34.3 Å². The lowest BCUT2D eigenvalue weighted by molar-refractivity contribution is 0.462. The molecule has 20 heavy (non-hydrogen) atoms. The lowest BCUT2D eigenvalue weighted by Gasteiger charge is -2.19. The predicted molar refractivity (Wildman–Crippen MR) is 76.7 cm³/mol. The maximum Gasteiger partial charge on any atom is 0.244 e. The Bertz CT molecular complexity index is 556. The summed E-state index contributed by atoms with van der Waals surface area (Å²) in [6.45, 7) is 3.94. The summed E-state index contributed by atoms with van der Waals surface area (Å²) in [6.07, 6.45) is 0.524. The van der Waals surface area contributed by atoms with Gasteiger partial charge in [-0.2, -0.15) is 0 Å². The number of nitrogens with two attached hydrogens (primary N) is 1. The van der Waals surface area contributed by atoms with Crippen molar-refractivity contribution in [2.45, 2.75) is 31.2 Å². The zero-order valence-corrected chi connectivity index (χ0v) is 13.6. The Kier molecular flexibility index (Phi) is 6.06. The smallest absolute Gasteiger partial charge is 0.244 e. The van der Waals surface area contributed by atoms with Crippen molar-refractivity contribution < 1.29 is 17.2 Å². The standard InChI is InChI=1S/C12H17BrF2N2O2S/c1-7(2)3-9(6-16)17-20(18,19)12-10(13)4-8(14)5-11(12)15/h4-5,7,9,17H,3,6,16H2,1-2H3. The van der Waals surface area contributed by atoms with Gasteiger partial charge in [0, 0.05) is 23.1 Å². The Morgan fingerprint density at radius 3 is 2.40 bits per heavy atom. The summed E-state index contributed by atoms with van der Waals surface area (Å²) >= 11 is 2.87. The van der Waals surface area contributed by atoms with Crippen LogP contribution in [0.1, 0.15) is 20.3 Å². The molecule has 114 valence electrons. The van der Waals surface area contributed by atoms with E-state index in [0.717, 1.165) is 6.07 Å². The van der Waals surface area contributed by atoms with Gasteiger partial charge in [-0.3, -0.25) is 0 Å². The van der Waals surface area contributed by atoms with Crippen LogP contribution >= 0.6 is 15.9 Å². The number of sulfonamides is 1. The molecular weight excluding hydrogens is 354 g/mol. The van der Waals surface area contributed by atoms with E-state index < -0.39 is 32.6 Å². The fraction of sp³-hybridized carbons (Fsp3) is 0.500. The van der Waals surface area contributed by atoms with Crippen LogP contribution in [0.2, 0.25) is 0 Å². The van der Waals surface area contributed by atoms with Crippen LogP contribution in [0.25, 0.3) is 0 Å². The number of halogens is 3. The first-order valence-electron chi connectivity index (χ1n) is 6.04. The Hall–Kier alpha value is -0.570. The van der Waals surface area contributed by atoms with Gasteiger partial charge in [0.2, 0.25) is 10.0 Å². The highest BCUT2D eigenvalue weighted by atomic mass is 79.9. The van der Waals surface area contributed by atoms with Gasteiger partial charge in [0.05, 0.1) is 0 Å². The zero-order valence-electron chi connectivity index (χ0n) is 11.2. The van der Waals surface area contributed by atoms with E-state index in [1.807, 2.05) is 13.8 Å². The molecule has 1 atom stereocenters. The summed E-state index contributed by atoms with van der Waals surface area (Å²) in [4.78, 5) is -0.610. The SMILES string of the molecule is CC(C)CC(CN)NS(=O)(=O)c1c(F)cc(F)cc1Br. The summed E-state index contributed by atoms with van der Waals surface area (Å²) in [5.74, 6) is -1.77. The fourth-order valence-electron chi connectivity index (χ4n) is 1.83. The third-order valence-electron chi connectivity index (χ3n) is 2.59. The molecule has 0 saturated carbocycles. The highest BCUT2D eigenvalue weighted by Crippen LogP contribution is 2.26. The van der Waals surface area contributed by atoms with Gasteiger partial charge < -0.3 is 5.73 Å². The van der Waals surface area contributed by atoms with Gasteiger partial charge in [0.25, 0.3) is 0 Å². The molecular formula is C12H17BrF2N2O2S. The average Bonchev–Trinajstić information content (AvgIpc) is 2.24. The van der Waals surface area contributed by atoms with Crippen LogP contribution in [0, 0.1) is 17.6 Å². The molecule has 0 aliphatic carbocycles. The van der Waals surface area contributed by atoms with E-state index in [1.165, 1.54) is 0 Å². The molecule has 0 spiro atoms. The highest BCUT2D eigenvalue weighted by Gasteiger charge is 2.26. The third-order valence-corrected chi connectivity index (χ3v) is 5.08. The molecule has 1 rings (SSSR count). The van der Waals surface area contributed by atoms with Crippen molar-refractivity contribution in [3.8, 4) is 0 Å². The van der Waals surface area contributed by atoms with Gasteiger partial charge in [-0.25, -0.2) is 21.9 Å². The van der Waals surface area contributed by atoms with Crippen LogP contribution in [0.4, 0.5) is 8.78 Å². The first-order valence-corrected chi connectivity index (χ1v) is 8.32. The Balaban J connectivity index is 3.11. The Labute approximate surface area is 125 Å². The Morgan fingerprint density at radius 1 is 1.35 bits per heavy atom. The molecule has 0 aliphatic rings. The van der Waals surface area contributed by atoms with Crippen molar-refractivity contribution in [3.05, 3.63) is 28.2 Å². The normalized spacial score (nSPS) is 13.8. The monoisotopic (exact) mass is 370 g/mol. The quantitative estimate of drug-likeness (QED) is 0.807. The van der Waals surface area contributed by atoms with Crippen molar-refractivity contribution in [2.24, 2.45) is 11.7 Å². The van der Waals surface area contributed by atoms with E-state index in [9.17, 15) is 17.2 Å². The molecule has 1 aromatic rings. The second-order valence-electron chi connectivity index (χ2n) is 4.88. The number of hydrogen-bond acceptors (Lipinski definition) is 3. The van der Waals surface area contributed by atoms with Crippen molar-refractivity contribution in [1.29, 1.82) is 0 Å². The first kappa shape index (κ1) is 17.5. The summed E-state index contributed by atoms with van der Waals surface area (Å²) in [7, 11) is -4.11. The van der Waals surface area contributed by atoms with Crippen molar-refractivity contribution in [3.63, 3.8) is 0 Å². The predicted octanol–water partition coefficient (Wildman–Crippen LogP) is 2.38. The zero-order chi connectivity index (χ0) is 15.5. The van der Waals surface area contributed by atoms with Crippen LogP contribution in [-0.4, -0.2) is 21.0 Å². The van der Waals surface area contributed by atoms with E-state index in [4.69, 9.17) is 5.73 Å². The molecule has 0 saturated heterocycles. The second kappa shape index (κ2) is 6.93. The van der Waals surface area contributed by atoms with Gasteiger partial charge in [0.1, 0.15) is 16.5 Å². The molecule has 0 aliphatic heterocycles. The van der Waals surface area contributed by atoms with Crippen LogP contribution in [0.15, 0.2) is 21.5 Å². The lowest BCUT2D eigenvalue weighted by atomic mass is 10.1. The molecule has 0 bridgehead atoms.